The van der Waals surface area contributed by atoms with Gasteiger partial charge in [-0.15, -0.1) is 0 Å². The summed E-state index contributed by atoms with van der Waals surface area (Å²) in [5, 5.41) is 14.4. The molecule has 0 unspecified atom stereocenters. The smallest absolute Gasteiger partial charge is 0.329 e. The zero-order valence-electron chi connectivity index (χ0n) is 14.2. The van der Waals surface area contributed by atoms with Crippen molar-refractivity contribution in [3.05, 3.63) is 51.7 Å². The van der Waals surface area contributed by atoms with Crippen LogP contribution in [0, 0.1) is 17.0 Å². The Morgan fingerprint density at radius 1 is 1.28 bits per heavy atom. The van der Waals surface area contributed by atoms with Crippen LogP contribution < -0.4 is 10.2 Å². The maximum atomic E-state index is 11.3. The summed E-state index contributed by atoms with van der Waals surface area (Å²) in [5.41, 5.74) is 2.47. The molecular weight excluding hydrogens is 318 g/mol. The molecular formula is C18H21N5O2. The molecule has 0 radical (unpaired) electrons. The van der Waals surface area contributed by atoms with E-state index < -0.39 is 4.92 Å². The first-order valence-electron chi connectivity index (χ1n) is 8.73. The van der Waals surface area contributed by atoms with Crippen molar-refractivity contribution in [3.63, 3.8) is 0 Å². The van der Waals surface area contributed by atoms with Crippen LogP contribution >= 0.6 is 0 Å². The quantitative estimate of drug-likeness (QED) is 0.662. The molecule has 4 rings (SSSR count). The molecule has 1 N–H and O–H groups in total. The van der Waals surface area contributed by atoms with Crippen LogP contribution in [0.25, 0.3) is 0 Å². The monoisotopic (exact) mass is 339 g/mol. The van der Waals surface area contributed by atoms with Gasteiger partial charge in [0.2, 0.25) is 11.8 Å². The lowest BCUT2D eigenvalue weighted by Gasteiger charge is -2.26. The molecule has 130 valence electrons. The number of aryl methyl sites for hydroxylation is 1. The third-order valence-electron chi connectivity index (χ3n) is 4.93. The second kappa shape index (κ2) is 6.31. The minimum atomic E-state index is -0.419. The van der Waals surface area contributed by atoms with E-state index in [1.165, 1.54) is 17.3 Å². The summed E-state index contributed by atoms with van der Waals surface area (Å²) in [7, 11) is 0. The van der Waals surface area contributed by atoms with Crippen LogP contribution in [-0.4, -0.2) is 27.5 Å². The predicted molar refractivity (Wildman–Crippen MR) is 95.8 cm³/mol. The molecule has 0 bridgehead atoms. The molecule has 7 heteroatoms. The van der Waals surface area contributed by atoms with Crippen LogP contribution in [0.1, 0.15) is 42.9 Å². The summed E-state index contributed by atoms with van der Waals surface area (Å²) in [4.78, 5) is 21.8. The Labute approximate surface area is 146 Å². The van der Waals surface area contributed by atoms with E-state index in [0.717, 1.165) is 32.2 Å². The zero-order chi connectivity index (χ0) is 17.4. The van der Waals surface area contributed by atoms with Gasteiger partial charge in [0.1, 0.15) is 6.20 Å². The van der Waals surface area contributed by atoms with Crippen molar-refractivity contribution in [1.82, 2.24) is 9.97 Å². The Balaban J connectivity index is 1.68. The molecule has 1 saturated carbocycles. The Morgan fingerprint density at radius 3 is 2.80 bits per heavy atom. The summed E-state index contributed by atoms with van der Waals surface area (Å²) in [5.74, 6) is 0.910. The minimum Gasteiger partial charge on any atom is -0.361 e. The first-order chi connectivity index (χ1) is 12.1. The van der Waals surface area contributed by atoms with Crippen LogP contribution in [0.3, 0.4) is 0 Å². The van der Waals surface area contributed by atoms with Crippen LogP contribution in [0.5, 0.6) is 0 Å². The number of hydrogen-bond donors (Lipinski definition) is 1. The number of hydrogen-bond acceptors (Lipinski definition) is 6. The van der Waals surface area contributed by atoms with Crippen LogP contribution in [0.4, 0.5) is 17.5 Å². The lowest BCUT2D eigenvalue weighted by molar-refractivity contribution is -0.384. The van der Waals surface area contributed by atoms with Crippen LogP contribution in [-0.2, 0) is 0 Å². The normalized spacial score (nSPS) is 19.9. The average Bonchev–Trinajstić information content (AvgIpc) is 3.28. The lowest BCUT2D eigenvalue weighted by atomic mass is 9.99. The van der Waals surface area contributed by atoms with E-state index in [-0.39, 0.29) is 11.7 Å². The Morgan fingerprint density at radius 2 is 2.08 bits per heavy atom. The topological polar surface area (TPSA) is 84.2 Å². The van der Waals surface area contributed by atoms with Gasteiger partial charge in [0.25, 0.3) is 0 Å². The molecule has 2 aliphatic rings. The standard InChI is InChI=1S/C18H21N5O2/c1-12-5-2-3-6-14(12)15-7-4-10-22(15)18-19-11-16(23(24)25)17(21-18)20-13-8-9-13/h2-3,5-6,11,13,15H,4,7-10H2,1H3,(H,19,20,21)/t15-/m0/s1. The third kappa shape index (κ3) is 3.14. The number of nitrogens with one attached hydrogen (secondary N) is 1. The first kappa shape index (κ1) is 15.8. The van der Waals surface area contributed by atoms with Gasteiger partial charge in [-0.25, -0.2) is 4.98 Å². The molecule has 1 atom stereocenters. The molecule has 1 aliphatic heterocycles. The molecule has 2 heterocycles. The van der Waals surface area contributed by atoms with Crippen molar-refractivity contribution in [3.8, 4) is 0 Å². The highest BCUT2D eigenvalue weighted by Gasteiger charge is 2.32. The van der Waals surface area contributed by atoms with E-state index in [2.05, 4.69) is 45.3 Å². The molecule has 1 aliphatic carbocycles. The maximum absolute atomic E-state index is 11.3. The van der Waals surface area contributed by atoms with Gasteiger partial charge in [0, 0.05) is 12.6 Å². The van der Waals surface area contributed by atoms with Crippen LogP contribution in [0.15, 0.2) is 30.5 Å². The van der Waals surface area contributed by atoms with Gasteiger partial charge >= 0.3 is 5.69 Å². The molecule has 2 aromatic rings. The lowest BCUT2D eigenvalue weighted by Crippen LogP contribution is -2.25. The van der Waals surface area contributed by atoms with E-state index in [0.29, 0.717) is 17.8 Å². The van der Waals surface area contributed by atoms with Gasteiger partial charge in [-0.05, 0) is 43.7 Å². The average molecular weight is 339 g/mol. The molecule has 1 aromatic heterocycles. The maximum Gasteiger partial charge on any atom is 0.329 e. The molecule has 7 nitrogen and oxygen atoms in total. The summed E-state index contributed by atoms with van der Waals surface area (Å²) < 4.78 is 0. The van der Waals surface area contributed by atoms with Crippen molar-refractivity contribution in [2.45, 2.75) is 44.7 Å². The van der Waals surface area contributed by atoms with Gasteiger partial charge in [0.15, 0.2) is 0 Å². The van der Waals surface area contributed by atoms with Crippen molar-refractivity contribution in [1.29, 1.82) is 0 Å². The Kier molecular flexibility index (Phi) is 3.99. The van der Waals surface area contributed by atoms with Gasteiger partial charge in [-0.1, -0.05) is 24.3 Å². The molecule has 2 fully saturated rings. The second-order valence-electron chi connectivity index (χ2n) is 6.79. The van der Waals surface area contributed by atoms with E-state index in [1.54, 1.807) is 0 Å². The predicted octanol–water partition coefficient (Wildman–Crippen LogP) is 3.61. The van der Waals surface area contributed by atoms with E-state index >= 15 is 0 Å². The van der Waals surface area contributed by atoms with Crippen molar-refractivity contribution in [2.75, 3.05) is 16.8 Å². The molecule has 1 aromatic carbocycles. The summed E-state index contributed by atoms with van der Waals surface area (Å²) in [6.45, 7) is 2.97. The highest BCUT2D eigenvalue weighted by molar-refractivity contribution is 5.59. The first-order valence-corrected chi connectivity index (χ1v) is 8.73. The van der Waals surface area contributed by atoms with Crippen molar-refractivity contribution < 1.29 is 4.92 Å². The highest BCUT2D eigenvalue weighted by atomic mass is 16.6. The minimum absolute atomic E-state index is 0.0534. The van der Waals surface area contributed by atoms with Crippen LogP contribution in [0.2, 0.25) is 0 Å². The number of nitro groups is 1. The summed E-state index contributed by atoms with van der Waals surface area (Å²) in [6, 6.07) is 8.87. The number of benzene rings is 1. The summed E-state index contributed by atoms with van der Waals surface area (Å²) in [6.07, 6.45) is 5.50. The van der Waals surface area contributed by atoms with Crippen molar-refractivity contribution in [2.24, 2.45) is 0 Å². The fourth-order valence-corrected chi connectivity index (χ4v) is 3.46. The van der Waals surface area contributed by atoms with Gasteiger partial charge in [-0.2, -0.15) is 4.98 Å². The van der Waals surface area contributed by atoms with Crippen molar-refractivity contribution >= 4 is 17.5 Å². The van der Waals surface area contributed by atoms with Gasteiger partial charge < -0.3 is 10.2 Å². The number of aromatic nitrogens is 2. The summed E-state index contributed by atoms with van der Waals surface area (Å²) >= 11 is 0. The fourth-order valence-electron chi connectivity index (χ4n) is 3.46. The highest BCUT2D eigenvalue weighted by Crippen LogP contribution is 2.37. The Bertz CT molecular complexity index is 806. The number of anilines is 2. The SMILES string of the molecule is Cc1ccccc1[C@@H]1CCCN1c1ncc([N+](=O)[O-])c(NC2CC2)n1. The Hall–Kier alpha value is -2.70. The molecule has 25 heavy (non-hydrogen) atoms. The zero-order valence-corrected chi connectivity index (χ0v) is 14.2. The fraction of sp³-hybridized carbons (Fsp3) is 0.444. The second-order valence-corrected chi connectivity index (χ2v) is 6.79. The molecule has 1 saturated heterocycles. The molecule has 0 amide bonds. The van der Waals surface area contributed by atoms with E-state index in [1.807, 2.05) is 6.07 Å². The number of rotatable bonds is 5. The largest absolute Gasteiger partial charge is 0.361 e. The molecule has 0 spiro atoms. The van der Waals surface area contributed by atoms with Gasteiger partial charge in [-0.3, -0.25) is 10.1 Å². The third-order valence-corrected chi connectivity index (χ3v) is 4.93. The number of nitrogens with zero attached hydrogens (tertiary/aromatic N) is 4. The van der Waals surface area contributed by atoms with E-state index in [4.69, 9.17) is 0 Å². The van der Waals surface area contributed by atoms with Gasteiger partial charge in [0.05, 0.1) is 11.0 Å². The van der Waals surface area contributed by atoms with E-state index in [9.17, 15) is 10.1 Å².